The SMILES string of the molecule is O=C(O)c1c(O)cccc1OC1CN(C(=O)CCc2ccccc2)C1. The van der Waals surface area contributed by atoms with Gasteiger partial charge in [0, 0.05) is 6.42 Å². The van der Waals surface area contributed by atoms with Gasteiger partial charge in [0.25, 0.3) is 0 Å². The lowest BCUT2D eigenvalue weighted by Gasteiger charge is -2.39. The van der Waals surface area contributed by atoms with E-state index in [0.717, 1.165) is 5.56 Å². The summed E-state index contributed by atoms with van der Waals surface area (Å²) in [6.07, 6.45) is 0.862. The molecule has 0 aromatic heterocycles. The number of rotatable bonds is 6. The van der Waals surface area contributed by atoms with Crippen molar-refractivity contribution in [2.45, 2.75) is 18.9 Å². The summed E-state index contributed by atoms with van der Waals surface area (Å²) in [6, 6.07) is 14.1. The number of hydrogen-bond acceptors (Lipinski definition) is 4. The van der Waals surface area contributed by atoms with Crippen molar-refractivity contribution in [1.29, 1.82) is 0 Å². The maximum atomic E-state index is 12.2. The van der Waals surface area contributed by atoms with Crippen LogP contribution in [0.3, 0.4) is 0 Å². The van der Waals surface area contributed by atoms with Gasteiger partial charge in [0.2, 0.25) is 5.91 Å². The minimum Gasteiger partial charge on any atom is -0.507 e. The van der Waals surface area contributed by atoms with Gasteiger partial charge in [-0.25, -0.2) is 4.79 Å². The summed E-state index contributed by atoms with van der Waals surface area (Å²) in [7, 11) is 0. The van der Waals surface area contributed by atoms with Crippen LogP contribution >= 0.6 is 0 Å². The molecule has 1 aliphatic rings. The molecule has 0 aliphatic carbocycles. The number of carbonyl (C=O) groups excluding carboxylic acids is 1. The minimum atomic E-state index is -1.25. The molecule has 0 saturated carbocycles. The number of hydrogen-bond donors (Lipinski definition) is 2. The lowest BCUT2D eigenvalue weighted by Crippen LogP contribution is -2.56. The van der Waals surface area contributed by atoms with Crippen molar-refractivity contribution >= 4 is 11.9 Å². The van der Waals surface area contributed by atoms with Crippen LogP contribution in [0.5, 0.6) is 11.5 Å². The van der Waals surface area contributed by atoms with Gasteiger partial charge in [-0.1, -0.05) is 36.4 Å². The molecule has 6 nitrogen and oxygen atoms in total. The molecule has 0 unspecified atom stereocenters. The number of phenols is 1. The Kier molecular flexibility index (Phi) is 4.88. The first-order valence-corrected chi connectivity index (χ1v) is 8.08. The average molecular weight is 341 g/mol. The van der Waals surface area contributed by atoms with Crippen LogP contribution in [0.1, 0.15) is 22.3 Å². The molecule has 0 bridgehead atoms. The largest absolute Gasteiger partial charge is 0.507 e. The highest BCUT2D eigenvalue weighted by Gasteiger charge is 2.33. The van der Waals surface area contributed by atoms with Gasteiger partial charge in [0.1, 0.15) is 23.2 Å². The number of carbonyl (C=O) groups is 2. The number of carboxylic acid groups (broad SMARTS) is 1. The van der Waals surface area contributed by atoms with Gasteiger partial charge in [-0.2, -0.15) is 0 Å². The van der Waals surface area contributed by atoms with Gasteiger partial charge in [0.05, 0.1) is 13.1 Å². The molecular formula is C19H19NO5. The van der Waals surface area contributed by atoms with E-state index in [0.29, 0.717) is 25.9 Å². The van der Waals surface area contributed by atoms with E-state index in [-0.39, 0.29) is 29.1 Å². The first-order chi connectivity index (χ1) is 12.0. The number of aryl methyl sites for hydroxylation is 1. The van der Waals surface area contributed by atoms with Crippen molar-refractivity contribution < 1.29 is 24.5 Å². The third-order valence-corrected chi connectivity index (χ3v) is 4.18. The van der Waals surface area contributed by atoms with E-state index in [9.17, 15) is 14.7 Å². The van der Waals surface area contributed by atoms with E-state index in [4.69, 9.17) is 9.84 Å². The van der Waals surface area contributed by atoms with Crippen LogP contribution in [0.25, 0.3) is 0 Å². The van der Waals surface area contributed by atoms with Crippen molar-refractivity contribution in [3.8, 4) is 11.5 Å². The Morgan fingerprint density at radius 1 is 1.08 bits per heavy atom. The van der Waals surface area contributed by atoms with Crippen LogP contribution in [-0.4, -0.2) is 46.2 Å². The number of aromatic hydroxyl groups is 1. The quantitative estimate of drug-likeness (QED) is 0.842. The number of amides is 1. The Balaban J connectivity index is 1.51. The molecule has 0 radical (unpaired) electrons. The Labute approximate surface area is 145 Å². The smallest absolute Gasteiger partial charge is 0.343 e. The molecule has 25 heavy (non-hydrogen) atoms. The second kappa shape index (κ2) is 7.25. The standard InChI is InChI=1S/C19H19NO5/c21-15-7-4-8-16(18(15)19(23)24)25-14-11-20(12-14)17(22)10-9-13-5-2-1-3-6-13/h1-8,14,21H,9-12H2,(H,23,24). The molecule has 1 fully saturated rings. The monoisotopic (exact) mass is 341 g/mol. The molecule has 1 amide bonds. The summed E-state index contributed by atoms with van der Waals surface area (Å²) in [5.74, 6) is -1.41. The van der Waals surface area contributed by atoms with Crippen LogP contribution in [0.4, 0.5) is 0 Å². The van der Waals surface area contributed by atoms with E-state index in [1.54, 1.807) is 4.90 Å². The first-order valence-electron chi connectivity index (χ1n) is 8.08. The van der Waals surface area contributed by atoms with Crippen LogP contribution < -0.4 is 4.74 Å². The number of ether oxygens (including phenoxy) is 1. The zero-order chi connectivity index (χ0) is 17.8. The van der Waals surface area contributed by atoms with Crippen LogP contribution in [0, 0.1) is 0 Å². The molecule has 1 saturated heterocycles. The Morgan fingerprint density at radius 3 is 2.48 bits per heavy atom. The summed E-state index contributed by atoms with van der Waals surface area (Å²) in [6.45, 7) is 0.838. The van der Waals surface area contributed by atoms with Gasteiger partial charge < -0.3 is 19.8 Å². The van der Waals surface area contributed by atoms with Gasteiger partial charge in [-0.05, 0) is 24.1 Å². The second-order valence-electron chi connectivity index (χ2n) is 5.98. The first kappa shape index (κ1) is 16.8. The molecule has 130 valence electrons. The van der Waals surface area contributed by atoms with E-state index < -0.39 is 5.97 Å². The van der Waals surface area contributed by atoms with E-state index >= 15 is 0 Å². The molecule has 0 spiro atoms. The normalized spacial score (nSPS) is 14.0. The van der Waals surface area contributed by atoms with Crippen molar-refractivity contribution in [2.75, 3.05) is 13.1 Å². The van der Waals surface area contributed by atoms with Gasteiger partial charge in [-0.15, -0.1) is 0 Å². The summed E-state index contributed by atoms with van der Waals surface area (Å²) in [5, 5.41) is 18.8. The van der Waals surface area contributed by atoms with Crippen LogP contribution in [0.15, 0.2) is 48.5 Å². The summed E-state index contributed by atoms with van der Waals surface area (Å²) in [5.41, 5.74) is 0.867. The van der Waals surface area contributed by atoms with Crippen molar-refractivity contribution in [3.63, 3.8) is 0 Å². The molecule has 2 N–H and O–H groups in total. The lowest BCUT2D eigenvalue weighted by molar-refractivity contribution is -0.139. The lowest BCUT2D eigenvalue weighted by atomic mass is 10.1. The van der Waals surface area contributed by atoms with E-state index in [2.05, 4.69) is 0 Å². The fourth-order valence-electron chi connectivity index (χ4n) is 2.78. The highest BCUT2D eigenvalue weighted by molar-refractivity contribution is 5.94. The third-order valence-electron chi connectivity index (χ3n) is 4.18. The highest BCUT2D eigenvalue weighted by Crippen LogP contribution is 2.29. The number of benzene rings is 2. The topological polar surface area (TPSA) is 87.1 Å². The van der Waals surface area contributed by atoms with Crippen molar-refractivity contribution in [1.82, 2.24) is 4.90 Å². The number of nitrogens with zero attached hydrogens (tertiary/aromatic N) is 1. The molecule has 6 heteroatoms. The maximum absolute atomic E-state index is 12.2. The average Bonchev–Trinajstić information content (AvgIpc) is 2.56. The van der Waals surface area contributed by atoms with Gasteiger partial charge in [-0.3, -0.25) is 4.79 Å². The zero-order valence-corrected chi connectivity index (χ0v) is 13.6. The Morgan fingerprint density at radius 2 is 1.80 bits per heavy atom. The summed E-state index contributed by atoms with van der Waals surface area (Å²) < 4.78 is 5.63. The van der Waals surface area contributed by atoms with E-state index in [1.165, 1.54) is 18.2 Å². The van der Waals surface area contributed by atoms with Gasteiger partial charge >= 0.3 is 5.97 Å². The molecular weight excluding hydrogens is 322 g/mol. The zero-order valence-electron chi connectivity index (χ0n) is 13.6. The predicted molar refractivity (Wildman–Crippen MR) is 90.8 cm³/mol. The fourth-order valence-corrected chi connectivity index (χ4v) is 2.78. The molecule has 1 aliphatic heterocycles. The predicted octanol–water partition coefficient (Wildman–Crippen LogP) is 2.31. The minimum absolute atomic E-state index is 0.0538. The Hall–Kier alpha value is -3.02. The fraction of sp³-hybridized carbons (Fsp3) is 0.263. The van der Waals surface area contributed by atoms with Crippen molar-refractivity contribution in [3.05, 3.63) is 59.7 Å². The van der Waals surface area contributed by atoms with Crippen LogP contribution in [0.2, 0.25) is 0 Å². The molecule has 0 atom stereocenters. The van der Waals surface area contributed by atoms with Crippen LogP contribution in [-0.2, 0) is 11.2 Å². The molecule has 1 heterocycles. The van der Waals surface area contributed by atoms with Crippen molar-refractivity contribution in [2.24, 2.45) is 0 Å². The summed E-state index contributed by atoms with van der Waals surface area (Å²) in [4.78, 5) is 25.1. The maximum Gasteiger partial charge on any atom is 0.343 e. The molecule has 2 aromatic rings. The number of aromatic carboxylic acids is 1. The second-order valence-corrected chi connectivity index (χ2v) is 5.98. The Bertz CT molecular complexity index is 769. The van der Waals surface area contributed by atoms with Gasteiger partial charge in [0.15, 0.2) is 0 Å². The molecule has 3 rings (SSSR count). The summed E-state index contributed by atoms with van der Waals surface area (Å²) >= 11 is 0. The number of carboxylic acids is 1. The highest BCUT2D eigenvalue weighted by atomic mass is 16.5. The third kappa shape index (κ3) is 3.91. The number of likely N-dealkylation sites (tertiary alicyclic amines) is 1. The molecule has 2 aromatic carbocycles. The van der Waals surface area contributed by atoms with E-state index in [1.807, 2.05) is 30.3 Å².